The van der Waals surface area contributed by atoms with Gasteiger partial charge in [-0.05, 0) is 41.5 Å². The number of nitrogens with zero attached hydrogens (tertiary/aromatic N) is 6. The summed E-state index contributed by atoms with van der Waals surface area (Å²) in [7, 11) is 0. The molecule has 0 bridgehead atoms. The van der Waals surface area contributed by atoms with Crippen LogP contribution in [0.1, 0.15) is 0 Å². The van der Waals surface area contributed by atoms with Crippen LogP contribution in [0.3, 0.4) is 0 Å². The van der Waals surface area contributed by atoms with Crippen molar-refractivity contribution in [3.8, 4) is 78.1 Å². The molecule has 0 amide bonds. The lowest BCUT2D eigenvalue weighted by atomic mass is 9.95. The third-order valence-corrected chi connectivity index (χ3v) is 13.8. The Bertz CT molecular complexity index is 3610. The van der Waals surface area contributed by atoms with E-state index in [0.717, 1.165) is 76.9 Å². The van der Waals surface area contributed by atoms with E-state index in [1.165, 1.54) is 24.9 Å². The Kier molecular flexibility index (Phi) is 8.76. The first-order valence-electron chi connectivity index (χ1n) is 20.3. The molecule has 6 aromatic heterocycles. The summed E-state index contributed by atoms with van der Waals surface area (Å²) in [5.41, 5.74) is 11.2. The molecule has 0 saturated heterocycles. The molecule has 0 spiro atoms. The summed E-state index contributed by atoms with van der Waals surface area (Å²) in [6, 6.07) is 59.0. The van der Waals surface area contributed by atoms with Crippen molar-refractivity contribution in [1.29, 1.82) is 0 Å². The first kappa shape index (κ1) is 36.1. The summed E-state index contributed by atoms with van der Waals surface area (Å²) >= 11 is 3.57. The molecule has 0 aliphatic heterocycles. The van der Waals surface area contributed by atoms with E-state index in [1.54, 1.807) is 22.7 Å². The Labute approximate surface area is 364 Å². The fourth-order valence-corrected chi connectivity index (χ4v) is 10.9. The van der Waals surface area contributed by atoms with Crippen LogP contribution in [0.2, 0.25) is 0 Å². The van der Waals surface area contributed by atoms with Crippen molar-refractivity contribution in [2.24, 2.45) is 0 Å². The number of benzene rings is 6. The minimum atomic E-state index is 0.631. The molecular formula is C54H32N6S2. The fraction of sp³-hybridized carbons (Fsp3) is 0. The fourth-order valence-electron chi connectivity index (χ4n) is 8.38. The van der Waals surface area contributed by atoms with E-state index in [4.69, 9.17) is 19.9 Å². The van der Waals surface area contributed by atoms with Crippen LogP contribution in [0.4, 0.5) is 0 Å². The van der Waals surface area contributed by atoms with E-state index in [-0.39, 0.29) is 0 Å². The molecule has 6 aromatic carbocycles. The third kappa shape index (κ3) is 6.24. The normalized spacial score (nSPS) is 11.5. The Balaban J connectivity index is 0.943. The number of hydrogen-bond acceptors (Lipinski definition) is 8. The predicted octanol–water partition coefficient (Wildman–Crippen LogP) is 14.5. The molecule has 0 atom stereocenters. The molecule has 0 fully saturated rings. The van der Waals surface area contributed by atoms with Crippen molar-refractivity contribution < 1.29 is 0 Å². The van der Waals surface area contributed by atoms with Gasteiger partial charge in [0.15, 0.2) is 17.5 Å². The Morgan fingerprint density at radius 2 is 0.935 bits per heavy atom. The SMILES string of the molecule is c1ccc(-c2nc(-c3ccc(-c4ccc(-c5nc6ccccc6c6sc(-c7cccnc7)c(-c7cccnc7)c56)cc4)cc3)nc(-c3cccc4c3sc3ccccc34)n2)cc1. The van der Waals surface area contributed by atoms with Gasteiger partial charge in [-0.15, -0.1) is 22.7 Å². The zero-order chi connectivity index (χ0) is 41.0. The van der Waals surface area contributed by atoms with Gasteiger partial charge in [-0.1, -0.05) is 140 Å². The van der Waals surface area contributed by atoms with Gasteiger partial charge in [0.1, 0.15) is 0 Å². The zero-order valence-corrected chi connectivity index (χ0v) is 34.6. The van der Waals surface area contributed by atoms with E-state index in [2.05, 4.69) is 137 Å². The summed E-state index contributed by atoms with van der Waals surface area (Å²) in [6.45, 7) is 0. The molecule has 8 heteroatoms. The quantitative estimate of drug-likeness (QED) is 0.159. The molecule has 12 aromatic rings. The molecule has 12 rings (SSSR count). The molecule has 0 aliphatic carbocycles. The maximum Gasteiger partial charge on any atom is 0.165 e. The topological polar surface area (TPSA) is 77.3 Å². The molecular weight excluding hydrogens is 797 g/mol. The van der Waals surface area contributed by atoms with Crippen molar-refractivity contribution in [3.63, 3.8) is 0 Å². The van der Waals surface area contributed by atoms with Crippen LogP contribution in [0.5, 0.6) is 0 Å². The second-order valence-corrected chi connectivity index (χ2v) is 17.2. The van der Waals surface area contributed by atoms with Crippen LogP contribution in [0, 0.1) is 0 Å². The minimum absolute atomic E-state index is 0.631. The van der Waals surface area contributed by atoms with Gasteiger partial charge in [-0.25, -0.2) is 19.9 Å². The molecule has 6 heterocycles. The van der Waals surface area contributed by atoms with Crippen LogP contribution >= 0.6 is 22.7 Å². The van der Waals surface area contributed by atoms with Gasteiger partial charge in [0, 0.05) is 104 Å². The van der Waals surface area contributed by atoms with Crippen molar-refractivity contribution >= 4 is 63.8 Å². The van der Waals surface area contributed by atoms with Crippen LogP contribution in [-0.2, 0) is 0 Å². The van der Waals surface area contributed by atoms with Crippen molar-refractivity contribution in [2.75, 3.05) is 0 Å². The van der Waals surface area contributed by atoms with Crippen LogP contribution in [-0.4, -0.2) is 29.9 Å². The molecule has 0 unspecified atom stereocenters. The number of aromatic nitrogens is 6. The third-order valence-electron chi connectivity index (χ3n) is 11.3. The number of para-hydroxylation sites is 1. The summed E-state index contributed by atoms with van der Waals surface area (Å²) in [5.74, 6) is 1.93. The molecule has 0 radical (unpaired) electrons. The Hall–Kier alpha value is -7.78. The summed E-state index contributed by atoms with van der Waals surface area (Å²) < 4.78 is 3.61. The van der Waals surface area contributed by atoms with Gasteiger partial charge < -0.3 is 0 Å². The maximum atomic E-state index is 5.35. The average molecular weight is 829 g/mol. The van der Waals surface area contributed by atoms with Gasteiger partial charge in [0.2, 0.25) is 0 Å². The zero-order valence-electron chi connectivity index (χ0n) is 33.0. The monoisotopic (exact) mass is 828 g/mol. The lowest BCUT2D eigenvalue weighted by Crippen LogP contribution is -2.00. The molecule has 62 heavy (non-hydrogen) atoms. The van der Waals surface area contributed by atoms with Gasteiger partial charge >= 0.3 is 0 Å². The second kappa shape index (κ2) is 15.0. The highest BCUT2D eigenvalue weighted by atomic mass is 32.1. The van der Waals surface area contributed by atoms with Crippen LogP contribution in [0.15, 0.2) is 195 Å². The van der Waals surface area contributed by atoms with Crippen molar-refractivity contribution in [3.05, 3.63) is 195 Å². The number of hydrogen-bond donors (Lipinski definition) is 0. The lowest BCUT2D eigenvalue weighted by molar-refractivity contribution is 1.08. The maximum absolute atomic E-state index is 5.35. The predicted molar refractivity (Wildman–Crippen MR) is 257 cm³/mol. The summed E-state index contributed by atoms with van der Waals surface area (Å²) in [5, 5.41) is 4.70. The first-order valence-corrected chi connectivity index (χ1v) is 22.0. The van der Waals surface area contributed by atoms with E-state index in [0.29, 0.717) is 17.5 Å². The Morgan fingerprint density at radius 1 is 0.355 bits per heavy atom. The smallest absolute Gasteiger partial charge is 0.165 e. The molecule has 0 aliphatic rings. The van der Waals surface area contributed by atoms with E-state index >= 15 is 0 Å². The number of fused-ring (bicyclic) bond motifs is 6. The molecule has 0 N–H and O–H groups in total. The second-order valence-electron chi connectivity index (χ2n) is 15.1. The van der Waals surface area contributed by atoms with E-state index in [9.17, 15) is 0 Å². The molecule has 6 nitrogen and oxygen atoms in total. The molecule has 0 saturated carbocycles. The molecule has 290 valence electrons. The average Bonchev–Trinajstić information content (AvgIpc) is 3.95. The number of rotatable bonds is 7. The highest BCUT2D eigenvalue weighted by Crippen LogP contribution is 2.50. The summed E-state index contributed by atoms with van der Waals surface area (Å²) in [4.78, 5) is 30.8. The van der Waals surface area contributed by atoms with Gasteiger partial charge in [0.05, 0.1) is 11.2 Å². The van der Waals surface area contributed by atoms with Crippen molar-refractivity contribution in [2.45, 2.75) is 0 Å². The minimum Gasteiger partial charge on any atom is -0.264 e. The summed E-state index contributed by atoms with van der Waals surface area (Å²) in [6.07, 6.45) is 7.52. The van der Waals surface area contributed by atoms with E-state index in [1.807, 2.05) is 67.3 Å². The van der Waals surface area contributed by atoms with Gasteiger partial charge in [-0.3, -0.25) is 9.97 Å². The van der Waals surface area contributed by atoms with Gasteiger partial charge in [0.25, 0.3) is 0 Å². The van der Waals surface area contributed by atoms with Gasteiger partial charge in [-0.2, -0.15) is 0 Å². The van der Waals surface area contributed by atoms with E-state index < -0.39 is 0 Å². The largest absolute Gasteiger partial charge is 0.264 e. The van der Waals surface area contributed by atoms with Crippen LogP contribution < -0.4 is 0 Å². The standard InChI is InChI=1S/C54H32N6S2/c1-2-11-36(12-3-1)52-58-53(60-54(59-52)43-18-8-17-41-40-15-5-7-20-45(40)61-50(41)43)37-27-23-34(24-28-37)33-21-25-35(26-22-33)48-47-46(38-13-9-29-55-31-38)49(39-14-10-30-56-32-39)62-51(47)42-16-4-6-19-44(42)57-48/h1-32H. The highest BCUT2D eigenvalue weighted by Gasteiger charge is 2.23. The van der Waals surface area contributed by atoms with Crippen LogP contribution in [0.25, 0.3) is 119 Å². The van der Waals surface area contributed by atoms with Crippen molar-refractivity contribution in [1.82, 2.24) is 29.9 Å². The Morgan fingerprint density at radius 3 is 1.66 bits per heavy atom. The highest BCUT2D eigenvalue weighted by molar-refractivity contribution is 7.26. The first-order chi connectivity index (χ1) is 30.7. The number of thiophene rings is 2. The lowest BCUT2D eigenvalue weighted by Gasteiger charge is -2.11. The number of pyridine rings is 3.